The van der Waals surface area contributed by atoms with Crippen LogP contribution in [0.15, 0.2) is 45.3 Å². The molecule has 3 rings (SSSR count). The Kier molecular flexibility index (Phi) is 5.42. The summed E-state index contributed by atoms with van der Waals surface area (Å²) in [6.07, 6.45) is 1.66. The third-order valence-electron chi connectivity index (χ3n) is 3.00. The predicted octanol–water partition coefficient (Wildman–Crippen LogP) is 4.07. The van der Waals surface area contributed by atoms with E-state index in [1.807, 2.05) is 12.1 Å². The Balaban J connectivity index is 1.64. The number of ether oxygens (including phenoxy) is 1. The average molecular weight is 377 g/mol. The number of hydrogen-bond acceptors (Lipinski definition) is 8. The number of hydrogen-bond donors (Lipinski definition) is 1. The van der Waals surface area contributed by atoms with Crippen molar-refractivity contribution in [2.75, 3.05) is 12.0 Å². The van der Waals surface area contributed by atoms with Crippen LogP contribution in [0.5, 0.6) is 0 Å². The molecule has 0 saturated heterocycles. The Morgan fingerprint density at radius 1 is 1.44 bits per heavy atom. The van der Waals surface area contributed by atoms with Crippen LogP contribution in [0.3, 0.4) is 0 Å². The fraction of sp³-hybridized carbons (Fsp3) is 0.125. The van der Waals surface area contributed by atoms with Gasteiger partial charge in [0.15, 0.2) is 11.5 Å². The smallest absolute Gasteiger partial charge is 0.360 e. The first-order chi connectivity index (χ1) is 12.2. The zero-order chi connectivity index (χ0) is 17.6. The molecule has 9 heteroatoms. The Morgan fingerprint density at radius 3 is 3.00 bits per heavy atom. The molecule has 0 aliphatic carbocycles. The van der Waals surface area contributed by atoms with Gasteiger partial charge in [-0.05, 0) is 24.6 Å². The molecule has 1 N–H and O–H groups in total. The van der Waals surface area contributed by atoms with Crippen molar-refractivity contribution in [3.63, 3.8) is 0 Å². The standard InChI is InChI=1S/C16H13ClN4O3S/c1-2-23-15(22)12-7-14(24-21-12)13-9-25-16(19-13)20-18-8-10-3-5-11(17)6-4-10/h3-9H,2H2,1H3,(H,19,20)/b18-8+. The fourth-order valence-corrected chi connectivity index (χ4v) is 2.62. The summed E-state index contributed by atoms with van der Waals surface area (Å²) in [4.78, 5) is 15.9. The Morgan fingerprint density at radius 2 is 2.24 bits per heavy atom. The van der Waals surface area contributed by atoms with E-state index in [1.165, 1.54) is 17.4 Å². The zero-order valence-electron chi connectivity index (χ0n) is 13.1. The number of halogens is 1. The van der Waals surface area contributed by atoms with Crippen LogP contribution in [-0.2, 0) is 4.74 Å². The Bertz CT molecular complexity index is 889. The highest BCUT2D eigenvalue weighted by atomic mass is 35.5. The van der Waals surface area contributed by atoms with Gasteiger partial charge in [-0.15, -0.1) is 11.3 Å². The number of nitrogens with zero attached hydrogens (tertiary/aromatic N) is 3. The summed E-state index contributed by atoms with van der Waals surface area (Å²) in [5.74, 6) is -0.146. The lowest BCUT2D eigenvalue weighted by molar-refractivity contribution is 0.0514. The molecule has 3 aromatic rings. The van der Waals surface area contributed by atoms with Gasteiger partial charge >= 0.3 is 5.97 Å². The molecule has 0 bridgehead atoms. The predicted molar refractivity (Wildman–Crippen MR) is 96.2 cm³/mol. The summed E-state index contributed by atoms with van der Waals surface area (Å²) < 4.78 is 10.00. The number of esters is 1. The highest BCUT2D eigenvalue weighted by molar-refractivity contribution is 7.14. The van der Waals surface area contributed by atoms with E-state index in [0.717, 1.165) is 5.56 Å². The molecule has 0 fully saturated rings. The Labute approximate surface area is 152 Å². The first-order valence-electron chi connectivity index (χ1n) is 7.30. The maximum absolute atomic E-state index is 11.6. The molecule has 128 valence electrons. The van der Waals surface area contributed by atoms with E-state index >= 15 is 0 Å². The third kappa shape index (κ3) is 4.43. The minimum atomic E-state index is -0.529. The number of rotatable bonds is 6. The van der Waals surface area contributed by atoms with Gasteiger partial charge in [0.2, 0.25) is 5.13 Å². The number of anilines is 1. The van der Waals surface area contributed by atoms with Crippen molar-refractivity contribution in [1.82, 2.24) is 10.1 Å². The molecule has 25 heavy (non-hydrogen) atoms. The van der Waals surface area contributed by atoms with Crippen LogP contribution < -0.4 is 5.43 Å². The molecule has 0 unspecified atom stereocenters. The Hall–Kier alpha value is -2.71. The topological polar surface area (TPSA) is 89.6 Å². The van der Waals surface area contributed by atoms with Crippen LogP contribution in [-0.4, -0.2) is 28.9 Å². The number of carbonyl (C=O) groups is 1. The van der Waals surface area contributed by atoms with Crippen LogP contribution in [0.4, 0.5) is 5.13 Å². The summed E-state index contributed by atoms with van der Waals surface area (Å²) in [6, 6.07) is 8.77. The number of benzene rings is 1. The molecule has 0 aliphatic heterocycles. The van der Waals surface area contributed by atoms with Gasteiger partial charge in [-0.3, -0.25) is 5.43 Å². The van der Waals surface area contributed by atoms with E-state index in [9.17, 15) is 4.79 Å². The number of thiazole rings is 1. The molecule has 2 heterocycles. The fourth-order valence-electron chi connectivity index (χ4n) is 1.85. The molecule has 0 aliphatic rings. The van der Waals surface area contributed by atoms with Gasteiger partial charge in [0.05, 0.1) is 12.8 Å². The number of carbonyl (C=O) groups excluding carboxylic acids is 1. The van der Waals surface area contributed by atoms with E-state index in [2.05, 4.69) is 20.7 Å². The maximum Gasteiger partial charge on any atom is 0.360 e. The summed E-state index contributed by atoms with van der Waals surface area (Å²) in [5.41, 5.74) is 4.41. The summed E-state index contributed by atoms with van der Waals surface area (Å²) >= 11 is 7.18. The van der Waals surface area contributed by atoms with E-state index < -0.39 is 5.97 Å². The molecular weight excluding hydrogens is 364 g/mol. The molecule has 2 aromatic heterocycles. The minimum absolute atomic E-state index is 0.111. The largest absolute Gasteiger partial charge is 0.461 e. The first kappa shape index (κ1) is 17.1. The molecule has 0 spiro atoms. The summed E-state index contributed by atoms with van der Waals surface area (Å²) in [7, 11) is 0. The van der Waals surface area contributed by atoms with Crippen molar-refractivity contribution >= 4 is 40.3 Å². The van der Waals surface area contributed by atoms with Crippen LogP contribution in [0.25, 0.3) is 11.5 Å². The van der Waals surface area contributed by atoms with E-state index in [4.69, 9.17) is 20.9 Å². The molecular formula is C16H13ClN4O3S. The van der Waals surface area contributed by atoms with Gasteiger partial charge in [0.25, 0.3) is 0 Å². The SMILES string of the molecule is CCOC(=O)c1cc(-c2csc(N/N=C/c3ccc(Cl)cc3)n2)on1. The average Bonchev–Trinajstić information content (AvgIpc) is 3.26. The molecule has 7 nitrogen and oxygen atoms in total. The van der Waals surface area contributed by atoms with Gasteiger partial charge in [-0.25, -0.2) is 9.78 Å². The molecule has 0 atom stereocenters. The third-order valence-corrected chi connectivity index (χ3v) is 3.99. The number of aromatic nitrogens is 2. The molecule has 0 saturated carbocycles. The zero-order valence-corrected chi connectivity index (χ0v) is 14.7. The van der Waals surface area contributed by atoms with Gasteiger partial charge in [0.1, 0.15) is 5.69 Å². The maximum atomic E-state index is 11.6. The van der Waals surface area contributed by atoms with Crippen LogP contribution in [0.1, 0.15) is 23.0 Å². The van der Waals surface area contributed by atoms with Gasteiger partial charge in [-0.1, -0.05) is 28.9 Å². The van der Waals surface area contributed by atoms with Gasteiger partial charge < -0.3 is 9.26 Å². The lowest BCUT2D eigenvalue weighted by atomic mass is 10.2. The highest BCUT2D eigenvalue weighted by Gasteiger charge is 2.16. The van der Waals surface area contributed by atoms with Crippen molar-refractivity contribution in [3.05, 3.63) is 52.0 Å². The summed E-state index contributed by atoms with van der Waals surface area (Å²) in [6.45, 7) is 2.00. The van der Waals surface area contributed by atoms with Gasteiger partial charge in [-0.2, -0.15) is 5.10 Å². The number of nitrogens with one attached hydrogen (secondary N) is 1. The lowest BCUT2D eigenvalue weighted by Gasteiger charge is -1.94. The van der Waals surface area contributed by atoms with E-state index in [1.54, 1.807) is 30.7 Å². The van der Waals surface area contributed by atoms with Crippen molar-refractivity contribution in [2.45, 2.75) is 6.92 Å². The lowest BCUT2D eigenvalue weighted by Crippen LogP contribution is -2.04. The highest BCUT2D eigenvalue weighted by Crippen LogP contribution is 2.25. The van der Waals surface area contributed by atoms with Gasteiger partial charge in [0, 0.05) is 16.5 Å². The number of hydrazone groups is 1. The second-order valence-corrected chi connectivity index (χ2v) is 6.05. The van der Waals surface area contributed by atoms with Crippen molar-refractivity contribution < 1.29 is 14.1 Å². The van der Waals surface area contributed by atoms with E-state index in [0.29, 0.717) is 21.6 Å². The molecule has 0 amide bonds. The second-order valence-electron chi connectivity index (χ2n) is 4.76. The van der Waals surface area contributed by atoms with Crippen LogP contribution in [0.2, 0.25) is 5.02 Å². The van der Waals surface area contributed by atoms with Crippen LogP contribution in [0, 0.1) is 0 Å². The second kappa shape index (κ2) is 7.91. The normalized spacial score (nSPS) is 11.0. The van der Waals surface area contributed by atoms with Crippen molar-refractivity contribution in [3.8, 4) is 11.5 Å². The van der Waals surface area contributed by atoms with Crippen molar-refractivity contribution in [1.29, 1.82) is 0 Å². The van der Waals surface area contributed by atoms with E-state index in [-0.39, 0.29) is 12.3 Å². The minimum Gasteiger partial charge on any atom is -0.461 e. The van der Waals surface area contributed by atoms with Crippen molar-refractivity contribution in [2.24, 2.45) is 5.10 Å². The monoisotopic (exact) mass is 376 g/mol. The quantitative estimate of drug-likeness (QED) is 0.396. The molecule has 1 aromatic carbocycles. The first-order valence-corrected chi connectivity index (χ1v) is 8.56. The molecule has 0 radical (unpaired) electrons. The van der Waals surface area contributed by atoms with Crippen LogP contribution >= 0.6 is 22.9 Å². The summed E-state index contributed by atoms with van der Waals surface area (Å²) in [5, 5.41) is 10.8.